The van der Waals surface area contributed by atoms with Gasteiger partial charge in [0.1, 0.15) is 5.82 Å². The topological polar surface area (TPSA) is 57.2 Å². The van der Waals surface area contributed by atoms with Gasteiger partial charge in [0.05, 0.1) is 33.0 Å². The summed E-state index contributed by atoms with van der Waals surface area (Å²) in [7, 11) is 1.61. The van der Waals surface area contributed by atoms with E-state index in [-0.39, 0.29) is 23.2 Å². The van der Waals surface area contributed by atoms with Gasteiger partial charge < -0.3 is 23.8 Å². The Morgan fingerprint density at radius 1 is 1.24 bits per heavy atom. The quantitative estimate of drug-likeness (QED) is 0.481. The van der Waals surface area contributed by atoms with Crippen LogP contribution in [0.2, 0.25) is 0 Å². The summed E-state index contributed by atoms with van der Waals surface area (Å²) in [6.07, 6.45) is 5.06. The predicted octanol–water partition coefficient (Wildman–Crippen LogP) is 4.47. The molecule has 2 aromatic carbocycles. The summed E-state index contributed by atoms with van der Waals surface area (Å²) in [6, 6.07) is 11.9. The van der Waals surface area contributed by atoms with Gasteiger partial charge in [-0.2, -0.15) is 0 Å². The van der Waals surface area contributed by atoms with Crippen LogP contribution in [0.5, 0.6) is 11.5 Å². The number of benzene rings is 2. The third kappa shape index (κ3) is 6.36. The fraction of sp³-hybridized carbons (Fsp3) is 0.444. The highest BCUT2D eigenvalue weighted by atomic mass is 19.1. The monoisotopic (exact) mass is 469 g/mol. The molecule has 4 rings (SSSR count). The molecular weight excluding hydrogens is 437 g/mol. The number of hydrogen-bond donors (Lipinski definition) is 0. The molecule has 0 aromatic heterocycles. The van der Waals surface area contributed by atoms with Gasteiger partial charge in [-0.15, -0.1) is 0 Å². The molecule has 0 saturated carbocycles. The van der Waals surface area contributed by atoms with Crippen LogP contribution in [-0.4, -0.2) is 57.0 Å². The van der Waals surface area contributed by atoms with Crippen molar-refractivity contribution < 1.29 is 28.1 Å². The van der Waals surface area contributed by atoms with Crippen LogP contribution in [0, 0.1) is 11.2 Å². The van der Waals surface area contributed by atoms with Crippen LogP contribution in [-0.2, 0) is 20.8 Å². The van der Waals surface area contributed by atoms with E-state index < -0.39 is 0 Å². The second-order valence-corrected chi connectivity index (χ2v) is 9.32. The molecule has 2 heterocycles. The van der Waals surface area contributed by atoms with Gasteiger partial charge in [0.15, 0.2) is 11.5 Å². The molecule has 1 amide bonds. The molecule has 6 nitrogen and oxygen atoms in total. The number of carbonyl (C=O) groups is 1. The minimum Gasteiger partial charge on any atom is -0.493 e. The van der Waals surface area contributed by atoms with E-state index in [2.05, 4.69) is 6.92 Å². The maximum Gasteiger partial charge on any atom is 0.246 e. The van der Waals surface area contributed by atoms with Crippen molar-refractivity contribution in [2.75, 3.05) is 40.1 Å². The van der Waals surface area contributed by atoms with E-state index in [1.165, 1.54) is 18.2 Å². The van der Waals surface area contributed by atoms with Crippen LogP contribution in [0.25, 0.3) is 6.08 Å². The molecule has 1 unspecified atom stereocenters. The molecule has 0 N–H and O–H groups in total. The van der Waals surface area contributed by atoms with E-state index in [9.17, 15) is 9.18 Å². The minimum atomic E-state index is -0.334. The first kappa shape index (κ1) is 24.2. The summed E-state index contributed by atoms with van der Waals surface area (Å²) in [5.74, 6) is 0.805. The molecule has 182 valence electrons. The molecular formula is C27H32FNO5. The van der Waals surface area contributed by atoms with Crippen molar-refractivity contribution in [3.63, 3.8) is 0 Å². The summed E-state index contributed by atoms with van der Waals surface area (Å²) in [5.41, 5.74) is 1.57. The van der Waals surface area contributed by atoms with Crippen LogP contribution in [0.1, 0.15) is 30.9 Å². The zero-order chi connectivity index (χ0) is 24.0. The van der Waals surface area contributed by atoms with Crippen LogP contribution in [0.15, 0.2) is 48.5 Å². The van der Waals surface area contributed by atoms with Gasteiger partial charge in [0.2, 0.25) is 5.91 Å². The summed E-state index contributed by atoms with van der Waals surface area (Å²) in [4.78, 5) is 14.9. The van der Waals surface area contributed by atoms with Crippen molar-refractivity contribution in [1.29, 1.82) is 0 Å². The Bertz CT molecular complexity index is 1010. The second kappa shape index (κ2) is 11.0. The van der Waals surface area contributed by atoms with Crippen LogP contribution < -0.4 is 9.47 Å². The van der Waals surface area contributed by atoms with Crippen molar-refractivity contribution >= 4 is 12.0 Å². The van der Waals surface area contributed by atoms with Crippen LogP contribution in [0.4, 0.5) is 4.39 Å². The molecule has 2 aliphatic rings. The predicted molar refractivity (Wildman–Crippen MR) is 127 cm³/mol. The molecule has 2 fully saturated rings. The van der Waals surface area contributed by atoms with Gasteiger partial charge >= 0.3 is 0 Å². The maximum atomic E-state index is 13.5. The molecule has 0 aliphatic carbocycles. The van der Waals surface area contributed by atoms with Gasteiger partial charge in [0, 0.05) is 31.2 Å². The Morgan fingerprint density at radius 3 is 2.76 bits per heavy atom. The third-order valence-corrected chi connectivity index (χ3v) is 6.11. The highest BCUT2D eigenvalue weighted by Crippen LogP contribution is 2.33. The molecule has 2 aromatic rings. The molecule has 2 aliphatic heterocycles. The maximum absolute atomic E-state index is 13.5. The standard InChI is InChI=1S/C27H32FNO5/c1-27(17-32-18-27)19-34-25-14-21(8-10-24(25)31-2)15-29(16-23-7-4-12-33-23)26(30)11-9-20-5-3-6-22(28)13-20/h3,5-6,8-11,13-14,23H,4,7,12,15-19H2,1-2H3. The summed E-state index contributed by atoms with van der Waals surface area (Å²) < 4.78 is 36.2. The minimum absolute atomic E-state index is 0.00450. The first-order chi connectivity index (χ1) is 16.4. The lowest BCUT2D eigenvalue weighted by molar-refractivity contribution is -0.128. The van der Waals surface area contributed by atoms with E-state index >= 15 is 0 Å². The average molecular weight is 470 g/mol. The van der Waals surface area contributed by atoms with Crippen LogP contribution >= 0.6 is 0 Å². The van der Waals surface area contributed by atoms with Crippen molar-refractivity contribution in [2.24, 2.45) is 5.41 Å². The number of amides is 1. The molecule has 7 heteroatoms. The number of hydrogen-bond acceptors (Lipinski definition) is 5. The van der Waals surface area contributed by atoms with Crippen molar-refractivity contribution in [1.82, 2.24) is 4.90 Å². The largest absolute Gasteiger partial charge is 0.493 e. The lowest BCUT2D eigenvalue weighted by Crippen LogP contribution is -2.44. The highest BCUT2D eigenvalue weighted by molar-refractivity contribution is 5.91. The first-order valence-corrected chi connectivity index (χ1v) is 11.7. The Labute approximate surface area is 200 Å². The summed E-state index contributed by atoms with van der Waals surface area (Å²) >= 11 is 0. The lowest BCUT2D eigenvalue weighted by Gasteiger charge is -2.37. The Hall–Kier alpha value is -2.90. The summed E-state index contributed by atoms with van der Waals surface area (Å²) in [5, 5.41) is 0. The van der Waals surface area contributed by atoms with Crippen molar-refractivity contribution in [3.8, 4) is 11.5 Å². The van der Waals surface area contributed by atoms with Gasteiger partial charge in [0.25, 0.3) is 0 Å². The van der Waals surface area contributed by atoms with Gasteiger partial charge in [-0.25, -0.2) is 4.39 Å². The van der Waals surface area contributed by atoms with E-state index in [0.29, 0.717) is 50.0 Å². The third-order valence-electron chi connectivity index (χ3n) is 6.11. The van der Waals surface area contributed by atoms with Gasteiger partial charge in [-0.1, -0.05) is 25.1 Å². The first-order valence-electron chi connectivity index (χ1n) is 11.7. The van der Waals surface area contributed by atoms with Crippen LogP contribution in [0.3, 0.4) is 0 Å². The fourth-order valence-corrected chi connectivity index (χ4v) is 4.09. The van der Waals surface area contributed by atoms with E-state index in [4.69, 9.17) is 18.9 Å². The molecule has 34 heavy (non-hydrogen) atoms. The summed E-state index contributed by atoms with van der Waals surface area (Å²) in [6.45, 7) is 5.61. The lowest BCUT2D eigenvalue weighted by atomic mass is 9.90. The molecule has 0 bridgehead atoms. The normalized spacial score (nSPS) is 19.1. The highest BCUT2D eigenvalue weighted by Gasteiger charge is 2.34. The SMILES string of the molecule is COc1ccc(CN(CC2CCCO2)C(=O)C=Cc2cccc(F)c2)cc1OCC1(C)COC1. The molecule has 0 radical (unpaired) electrons. The number of ether oxygens (including phenoxy) is 4. The zero-order valence-corrected chi connectivity index (χ0v) is 19.8. The Kier molecular flexibility index (Phi) is 7.85. The molecule has 2 saturated heterocycles. The van der Waals surface area contributed by atoms with Crippen molar-refractivity contribution in [2.45, 2.75) is 32.4 Å². The number of methoxy groups -OCH3 is 1. The van der Waals surface area contributed by atoms with E-state index in [1.807, 2.05) is 18.2 Å². The second-order valence-electron chi connectivity index (χ2n) is 9.32. The number of nitrogens with zero attached hydrogens (tertiary/aromatic N) is 1. The molecule has 0 spiro atoms. The van der Waals surface area contributed by atoms with Gasteiger partial charge in [-0.05, 0) is 54.3 Å². The number of halogens is 1. The van der Waals surface area contributed by atoms with Gasteiger partial charge in [-0.3, -0.25) is 4.79 Å². The van der Waals surface area contributed by atoms with Crippen molar-refractivity contribution in [3.05, 3.63) is 65.5 Å². The average Bonchev–Trinajstić information content (AvgIpc) is 3.33. The Morgan fingerprint density at radius 2 is 2.09 bits per heavy atom. The smallest absolute Gasteiger partial charge is 0.246 e. The fourth-order valence-electron chi connectivity index (χ4n) is 4.09. The number of rotatable bonds is 10. The van der Waals surface area contributed by atoms with E-state index in [0.717, 1.165) is 25.0 Å². The zero-order valence-electron chi connectivity index (χ0n) is 19.8. The number of carbonyl (C=O) groups excluding carboxylic acids is 1. The Balaban J connectivity index is 1.49. The van der Waals surface area contributed by atoms with E-state index in [1.54, 1.807) is 30.2 Å². The molecule has 1 atom stereocenters.